The first-order valence-electron chi connectivity index (χ1n) is 21.6. The lowest BCUT2D eigenvalue weighted by atomic mass is 9.95. The molecule has 12 rings (SSSR count). The number of hydrogen-bond acceptors (Lipinski definition) is 4. The summed E-state index contributed by atoms with van der Waals surface area (Å²) >= 11 is 0. The van der Waals surface area contributed by atoms with Crippen molar-refractivity contribution in [2.24, 2.45) is 0 Å². The highest BCUT2D eigenvalue weighted by molar-refractivity contribution is 6.23. The summed E-state index contributed by atoms with van der Waals surface area (Å²) in [6.07, 6.45) is 4.14. The van der Waals surface area contributed by atoms with Crippen LogP contribution in [0.1, 0.15) is 28.9 Å². The van der Waals surface area contributed by atoms with Crippen LogP contribution in [0.3, 0.4) is 0 Å². The van der Waals surface area contributed by atoms with Crippen LogP contribution in [0.2, 0.25) is 0 Å². The fourth-order valence-corrected chi connectivity index (χ4v) is 9.40. The fourth-order valence-electron chi connectivity index (χ4n) is 9.40. The number of rotatable bonds is 7. The van der Waals surface area contributed by atoms with Crippen molar-refractivity contribution in [2.45, 2.75) is 12.2 Å². The average molecular weight is 808 g/mol. The molecule has 0 spiro atoms. The van der Waals surface area contributed by atoms with E-state index in [0.717, 1.165) is 72.2 Å². The van der Waals surface area contributed by atoms with E-state index in [2.05, 4.69) is 228 Å². The molecular weight excluding hydrogens is 767 g/mol. The van der Waals surface area contributed by atoms with Crippen molar-refractivity contribution >= 4 is 49.2 Å². The molecule has 3 heterocycles. The molecule has 1 aliphatic rings. The van der Waals surface area contributed by atoms with Crippen molar-refractivity contribution in [3.05, 3.63) is 241 Å². The first-order valence-corrected chi connectivity index (χ1v) is 21.6. The summed E-state index contributed by atoms with van der Waals surface area (Å²) in [5.41, 5.74) is 14.5. The summed E-state index contributed by atoms with van der Waals surface area (Å²) in [7, 11) is 0. The van der Waals surface area contributed by atoms with Crippen LogP contribution in [0.4, 0.5) is 0 Å². The van der Waals surface area contributed by atoms with Gasteiger partial charge in [0.15, 0.2) is 0 Å². The highest BCUT2D eigenvalue weighted by Gasteiger charge is 2.25. The summed E-state index contributed by atoms with van der Waals surface area (Å²) < 4.78 is 2.35. The molecule has 5 heteroatoms. The second-order valence-corrected chi connectivity index (χ2v) is 16.3. The first kappa shape index (κ1) is 36.7. The minimum Gasteiger partial charge on any atom is -0.366 e. The Kier molecular flexibility index (Phi) is 8.98. The minimum atomic E-state index is -0.0532. The molecule has 1 aliphatic heterocycles. The molecule has 0 amide bonds. The summed E-state index contributed by atoms with van der Waals surface area (Å²) in [6.45, 7) is 0. The van der Waals surface area contributed by atoms with Gasteiger partial charge in [-0.05, 0) is 68.6 Å². The molecule has 2 unspecified atom stereocenters. The van der Waals surface area contributed by atoms with Crippen LogP contribution in [0.25, 0.3) is 88.5 Å². The molecule has 2 aromatic heterocycles. The highest BCUT2D eigenvalue weighted by atomic mass is 15.2. The minimum absolute atomic E-state index is 0.0221. The Morgan fingerprint density at radius 2 is 0.968 bits per heavy atom. The maximum atomic E-state index is 5.50. The SMILES string of the molecule is C1=C(c2ccc(-c3ccc(-c4nc5c6ccccc6c6ncccc6c5n4-c4cccc5ccccc45)cc3)cc2)NC(c2ccccc2)NC1c1ccc(-c2ccccc2)cc1. The zero-order valence-electron chi connectivity index (χ0n) is 34.4. The lowest BCUT2D eigenvalue weighted by Crippen LogP contribution is -2.39. The van der Waals surface area contributed by atoms with Crippen LogP contribution < -0.4 is 10.6 Å². The Hall–Kier alpha value is -8.12. The van der Waals surface area contributed by atoms with E-state index < -0.39 is 0 Å². The van der Waals surface area contributed by atoms with Gasteiger partial charge in [-0.1, -0.05) is 194 Å². The summed E-state index contributed by atoms with van der Waals surface area (Å²) in [5, 5.41) is 13.3. The standard InChI is InChI=1S/C58H41N5/c1-3-13-38(14-4-1)39-24-30-43(31-25-39)51-37-52(61-57(60-51)45-16-5-2-6-17-45)44-32-26-40(27-33-44)41-28-34-46(35-29-41)58-62-55-49-21-10-9-20-48(49)54-50(22-12-36-59-54)56(55)63(58)53-23-11-18-42-15-7-8-19-47(42)53/h1-37,51,57,60-61H. The zero-order chi connectivity index (χ0) is 41.7. The van der Waals surface area contributed by atoms with Crippen LogP contribution in [0.5, 0.6) is 0 Å². The molecule has 0 saturated carbocycles. The number of fused-ring (bicyclic) bond motifs is 7. The van der Waals surface area contributed by atoms with Crippen molar-refractivity contribution in [2.75, 3.05) is 0 Å². The van der Waals surface area contributed by atoms with Crippen LogP contribution >= 0.6 is 0 Å². The lowest BCUT2D eigenvalue weighted by Gasteiger charge is -2.33. The first-order chi connectivity index (χ1) is 31.2. The van der Waals surface area contributed by atoms with Crippen molar-refractivity contribution < 1.29 is 0 Å². The van der Waals surface area contributed by atoms with E-state index in [4.69, 9.17) is 9.97 Å². The third kappa shape index (κ3) is 6.54. The second kappa shape index (κ2) is 15.4. The summed E-state index contributed by atoms with van der Waals surface area (Å²) in [6, 6.07) is 75.7. The van der Waals surface area contributed by atoms with Crippen molar-refractivity contribution in [1.82, 2.24) is 25.2 Å². The van der Waals surface area contributed by atoms with Gasteiger partial charge in [-0.15, -0.1) is 0 Å². The van der Waals surface area contributed by atoms with Gasteiger partial charge in [0.05, 0.1) is 28.3 Å². The van der Waals surface area contributed by atoms with Gasteiger partial charge in [0.1, 0.15) is 12.0 Å². The molecular formula is C58H41N5. The predicted molar refractivity (Wildman–Crippen MR) is 260 cm³/mol. The molecule has 2 N–H and O–H groups in total. The molecule has 0 aliphatic carbocycles. The molecule has 2 atom stereocenters. The molecule has 63 heavy (non-hydrogen) atoms. The van der Waals surface area contributed by atoms with Crippen molar-refractivity contribution in [3.63, 3.8) is 0 Å². The van der Waals surface area contributed by atoms with Gasteiger partial charge in [-0.3, -0.25) is 14.9 Å². The molecule has 5 nitrogen and oxygen atoms in total. The molecule has 11 aromatic rings. The van der Waals surface area contributed by atoms with E-state index in [9.17, 15) is 0 Å². The van der Waals surface area contributed by atoms with Crippen molar-refractivity contribution in [3.8, 4) is 39.3 Å². The topological polar surface area (TPSA) is 54.8 Å². The Morgan fingerprint density at radius 3 is 1.70 bits per heavy atom. The fraction of sp³-hybridized carbons (Fsp3) is 0.0345. The third-order valence-electron chi connectivity index (χ3n) is 12.5. The maximum absolute atomic E-state index is 5.50. The van der Waals surface area contributed by atoms with Crippen LogP contribution in [0, 0.1) is 0 Å². The molecule has 0 fully saturated rings. The van der Waals surface area contributed by atoms with Crippen LogP contribution in [0.15, 0.2) is 225 Å². The van der Waals surface area contributed by atoms with Crippen molar-refractivity contribution in [1.29, 1.82) is 0 Å². The predicted octanol–water partition coefficient (Wildman–Crippen LogP) is 13.9. The number of imidazole rings is 1. The maximum Gasteiger partial charge on any atom is 0.145 e. The number of aromatic nitrogens is 3. The van der Waals surface area contributed by atoms with Gasteiger partial charge < -0.3 is 5.32 Å². The molecule has 298 valence electrons. The largest absolute Gasteiger partial charge is 0.366 e. The lowest BCUT2D eigenvalue weighted by molar-refractivity contribution is 0.443. The normalized spacial score (nSPS) is 15.1. The second-order valence-electron chi connectivity index (χ2n) is 16.3. The van der Waals surface area contributed by atoms with Gasteiger partial charge in [-0.25, -0.2) is 4.98 Å². The van der Waals surface area contributed by atoms with E-state index in [1.807, 2.05) is 12.3 Å². The smallest absolute Gasteiger partial charge is 0.145 e. The van der Waals surface area contributed by atoms with Crippen LogP contribution in [-0.2, 0) is 0 Å². The van der Waals surface area contributed by atoms with Gasteiger partial charge in [-0.2, -0.15) is 0 Å². The molecule has 0 saturated heterocycles. The highest BCUT2D eigenvalue weighted by Crippen LogP contribution is 2.40. The third-order valence-corrected chi connectivity index (χ3v) is 12.5. The van der Waals surface area contributed by atoms with Gasteiger partial charge in [0, 0.05) is 39.0 Å². The van der Waals surface area contributed by atoms with Crippen LogP contribution in [-0.4, -0.2) is 14.5 Å². The quantitative estimate of drug-likeness (QED) is 0.158. The zero-order valence-corrected chi connectivity index (χ0v) is 34.4. The Morgan fingerprint density at radius 1 is 0.413 bits per heavy atom. The Labute approximate surface area is 365 Å². The molecule has 0 radical (unpaired) electrons. The number of nitrogens with zero attached hydrogens (tertiary/aromatic N) is 3. The Bertz CT molecular complexity index is 3480. The summed E-state index contributed by atoms with van der Waals surface area (Å²) in [4.78, 5) is 10.4. The Balaban J connectivity index is 0.912. The average Bonchev–Trinajstić information content (AvgIpc) is 3.78. The number of pyridine rings is 1. The van der Waals surface area contributed by atoms with Gasteiger partial charge in [0.25, 0.3) is 0 Å². The number of hydrogen-bond donors (Lipinski definition) is 2. The monoisotopic (exact) mass is 807 g/mol. The van der Waals surface area contributed by atoms with E-state index in [1.54, 1.807) is 0 Å². The number of benzene rings is 9. The summed E-state index contributed by atoms with van der Waals surface area (Å²) in [5.74, 6) is 0.894. The van der Waals surface area contributed by atoms with Gasteiger partial charge in [0.2, 0.25) is 0 Å². The van der Waals surface area contributed by atoms with E-state index in [1.165, 1.54) is 33.0 Å². The molecule has 0 bridgehead atoms. The van der Waals surface area contributed by atoms with E-state index in [0.29, 0.717) is 0 Å². The van der Waals surface area contributed by atoms with Gasteiger partial charge >= 0.3 is 0 Å². The number of nitrogens with one attached hydrogen (secondary N) is 2. The molecule has 9 aromatic carbocycles. The van der Waals surface area contributed by atoms with E-state index in [-0.39, 0.29) is 12.2 Å². The van der Waals surface area contributed by atoms with E-state index >= 15 is 0 Å².